The van der Waals surface area contributed by atoms with E-state index in [2.05, 4.69) is 16.6 Å². The molecule has 6 nitrogen and oxygen atoms in total. The van der Waals surface area contributed by atoms with Crippen LogP contribution in [0.4, 0.5) is 0 Å². The number of carbonyl (C=O) groups is 1. The third-order valence-corrected chi connectivity index (χ3v) is 5.20. The Hall–Kier alpha value is -2.05. The van der Waals surface area contributed by atoms with Gasteiger partial charge in [-0.15, -0.1) is 0 Å². The Morgan fingerprint density at radius 3 is 2.66 bits per heavy atom. The molecule has 0 saturated carbocycles. The Morgan fingerprint density at radius 1 is 1.31 bits per heavy atom. The van der Waals surface area contributed by atoms with Crippen molar-refractivity contribution < 1.29 is 19.4 Å². The number of unbranched alkanes of at least 4 members (excludes halogenated alkanes) is 1. The number of esters is 1. The predicted molar refractivity (Wildman–Crippen MR) is 113 cm³/mol. The summed E-state index contributed by atoms with van der Waals surface area (Å²) >= 11 is 6.20. The maximum atomic E-state index is 11.3. The minimum absolute atomic E-state index is 0.136. The molecule has 2 aromatic rings. The van der Waals surface area contributed by atoms with E-state index in [0.717, 1.165) is 42.8 Å². The lowest BCUT2D eigenvalue weighted by Gasteiger charge is -2.13. The van der Waals surface area contributed by atoms with Crippen molar-refractivity contribution in [1.82, 2.24) is 9.55 Å². The molecular formula is C22H31ClN2O4. The largest absolute Gasteiger partial charge is 0.494 e. The van der Waals surface area contributed by atoms with E-state index in [1.165, 1.54) is 7.11 Å². The van der Waals surface area contributed by atoms with E-state index in [-0.39, 0.29) is 18.5 Å². The molecule has 0 bridgehead atoms. The summed E-state index contributed by atoms with van der Waals surface area (Å²) in [7, 11) is 1.40. The Balaban J connectivity index is 1.95. The molecule has 1 atom stereocenters. The van der Waals surface area contributed by atoms with Gasteiger partial charge in [-0.25, -0.2) is 4.98 Å². The minimum Gasteiger partial charge on any atom is -0.494 e. The number of ether oxygens (including phenoxy) is 2. The van der Waals surface area contributed by atoms with Crippen LogP contribution in [-0.4, -0.2) is 34.3 Å². The van der Waals surface area contributed by atoms with E-state index in [0.29, 0.717) is 30.4 Å². The Morgan fingerprint density at radius 2 is 2.03 bits per heavy atom. The third kappa shape index (κ3) is 7.05. The molecule has 0 aliphatic carbocycles. The van der Waals surface area contributed by atoms with Crippen LogP contribution in [0.3, 0.4) is 0 Å². The fraction of sp³-hybridized carbons (Fsp3) is 0.545. The van der Waals surface area contributed by atoms with Gasteiger partial charge in [-0.3, -0.25) is 4.79 Å². The normalized spacial score (nSPS) is 12.0. The monoisotopic (exact) mass is 422 g/mol. The summed E-state index contributed by atoms with van der Waals surface area (Å²) < 4.78 is 12.5. The molecule has 0 saturated heterocycles. The first-order valence-corrected chi connectivity index (χ1v) is 10.5. The number of imidazole rings is 1. The maximum Gasteiger partial charge on any atom is 0.305 e. The molecule has 0 spiro atoms. The lowest BCUT2D eigenvalue weighted by atomic mass is 10.1. The number of rotatable bonds is 12. The van der Waals surface area contributed by atoms with Crippen LogP contribution < -0.4 is 4.74 Å². The quantitative estimate of drug-likeness (QED) is 0.513. The number of aliphatic hydroxyl groups excluding tert-OH is 1. The standard InChI is InChI=1S/C22H31ClN2O4/c1-4-5-6-20-24-22(23)19(15-26)25(20)14-17-7-9-18(10-8-17)29-12-11-16(2)13-21(27)28-3/h7-10,16,26H,4-6,11-15H2,1-3H3. The van der Waals surface area contributed by atoms with Crippen LogP contribution in [0.2, 0.25) is 5.15 Å². The van der Waals surface area contributed by atoms with Gasteiger partial charge in [-0.2, -0.15) is 0 Å². The van der Waals surface area contributed by atoms with E-state index in [1.54, 1.807) is 0 Å². The van der Waals surface area contributed by atoms with Crippen molar-refractivity contribution in [3.05, 3.63) is 46.5 Å². The number of aromatic nitrogens is 2. The molecule has 0 amide bonds. The van der Waals surface area contributed by atoms with E-state index in [1.807, 2.05) is 35.8 Å². The lowest BCUT2D eigenvalue weighted by Crippen LogP contribution is -2.11. The molecule has 2 rings (SSSR count). The summed E-state index contributed by atoms with van der Waals surface area (Å²) in [6.45, 7) is 5.16. The molecule has 1 heterocycles. The first kappa shape index (κ1) is 23.2. The molecule has 1 aromatic carbocycles. The predicted octanol–water partition coefficient (Wildman–Crippen LogP) is 4.39. The second-order valence-electron chi connectivity index (χ2n) is 7.28. The van der Waals surface area contributed by atoms with Gasteiger partial charge in [0.25, 0.3) is 0 Å². The first-order chi connectivity index (χ1) is 14.0. The van der Waals surface area contributed by atoms with Gasteiger partial charge in [-0.1, -0.05) is 44.0 Å². The summed E-state index contributed by atoms with van der Waals surface area (Å²) in [4.78, 5) is 15.7. The summed E-state index contributed by atoms with van der Waals surface area (Å²) in [6, 6.07) is 7.88. The zero-order valence-electron chi connectivity index (χ0n) is 17.5. The number of halogens is 1. The highest BCUT2D eigenvalue weighted by Gasteiger charge is 2.15. The van der Waals surface area contributed by atoms with Crippen LogP contribution in [0.5, 0.6) is 5.75 Å². The number of carbonyl (C=O) groups excluding carboxylic acids is 1. The number of hydrogen-bond donors (Lipinski definition) is 1. The van der Waals surface area contributed by atoms with Crippen molar-refractivity contribution in [3.8, 4) is 5.75 Å². The van der Waals surface area contributed by atoms with Crippen LogP contribution in [0.1, 0.15) is 56.6 Å². The average Bonchev–Trinajstić information content (AvgIpc) is 3.01. The maximum absolute atomic E-state index is 11.3. The van der Waals surface area contributed by atoms with Gasteiger partial charge in [0.1, 0.15) is 11.6 Å². The number of benzene rings is 1. The summed E-state index contributed by atoms with van der Waals surface area (Å²) in [5.41, 5.74) is 1.73. The van der Waals surface area contributed by atoms with Gasteiger partial charge in [0, 0.05) is 19.4 Å². The fourth-order valence-electron chi connectivity index (χ4n) is 3.09. The highest BCUT2D eigenvalue weighted by molar-refractivity contribution is 6.30. The summed E-state index contributed by atoms with van der Waals surface area (Å²) in [5, 5.41) is 10.1. The van der Waals surface area contributed by atoms with Gasteiger partial charge in [0.15, 0.2) is 5.15 Å². The van der Waals surface area contributed by atoms with Crippen molar-refractivity contribution in [3.63, 3.8) is 0 Å². The zero-order valence-corrected chi connectivity index (χ0v) is 18.2. The van der Waals surface area contributed by atoms with Crippen molar-refractivity contribution in [2.24, 2.45) is 5.92 Å². The minimum atomic E-state index is -0.193. The van der Waals surface area contributed by atoms with Gasteiger partial charge in [0.2, 0.25) is 0 Å². The molecule has 1 N–H and O–H groups in total. The van der Waals surface area contributed by atoms with E-state index in [4.69, 9.17) is 16.3 Å². The molecule has 0 aliphatic heterocycles. The van der Waals surface area contributed by atoms with E-state index < -0.39 is 0 Å². The Kier molecular flexibility index (Phi) is 9.48. The highest BCUT2D eigenvalue weighted by Crippen LogP contribution is 2.22. The number of aliphatic hydroxyl groups is 1. The van der Waals surface area contributed by atoms with Gasteiger partial charge < -0.3 is 19.1 Å². The third-order valence-electron chi connectivity index (χ3n) is 4.89. The molecule has 7 heteroatoms. The summed E-state index contributed by atoms with van der Waals surface area (Å²) in [6.07, 6.45) is 4.12. The Bertz CT molecular complexity index is 774. The SMILES string of the molecule is CCCCc1nc(Cl)c(CO)n1Cc1ccc(OCCC(C)CC(=O)OC)cc1. The number of methoxy groups -OCH3 is 1. The molecule has 1 aromatic heterocycles. The number of hydrogen-bond acceptors (Lipinski definition) is 5. The van der Waals surface area contributed by atoms with E-state index in [9.17, 15) is 9.90 Å². The van der Waals surface area contributed by atoms with Crippen molar-refractivity contribution >= 4 is 17.6 Å². The lowest BCUT2D eigenvalue weighted by molar-refractivity contribution is -0.141. The molecule has 29 heavy (non-hydrogen) atoms. The van der Waals surface area contributed by atoms with Crippen LogP contribution in [0.15, 0.2) is 24.3 Å². The summed E-state index contributed by atoms with van der Waals surface area (Å²) in [5.74, 6) is 1.71. The van der Waals surface area contributed by atoms with Crippen molar-refractivity contribution in [1.29, 1.82) is 0 Å². The highest BCUT2D eigenvalue weighted by atomic mass is 35.5. The van der Waals surface area contributed by atoms with Gasteiger partial charge in [-0.05, 0) is 36.5 Å². The van der Waals surface area contributed by atoms with Crippen LogP contribution >= 0.6 is 11.6 Å². The average molecular weight is 423 g/mol. The van der Waals surface area contributed by atoms with E-state index >= 15 is 0 Å². The number of nitrogens with zero attached hydrogens (tertiary/aromatic N) is 2. The second-order valence-corrected chi connectivity index (χ2v) is 7.64. The zero-order chi connectivity index (χ0) is 21.2. The first-order valence-electron chi connectivity index (χ1n) is 10.1. The smallest absolute Gasteiger partial charge is 0.305 e. The molecule has 0 aliphatic rings. The van der Waals surface area contributed by atoms with Gasteiger partial charge in [0.05, 0.1) is 26.0 Å². The van der Waals surface area contributed by atoms with Crippen molar-refractivity contribution in [2.75, 3.05) is 13.7 Å². The second kappa shape index (κ2) is 11.8. The van der Waals surface area contributed by atoms with Crippen LogP contribution in [-0.2, 0) is 29.1 Å². The fourth-order valence-corrected chi connectivity index (χ4v) is 3.35. The van der Waals surface area contributed by atoms with Crippen molar-refractivity contribution in [2.45, 2.75) is 59.1 Å². The molecular weight excluding hydrogens is 392 g/mol. The van der Waals surface area contributed by atoms with Crippen LogP contribution in [0, 0.1) is 5.92 Å². The Labute approximate surface area is 177 Å². The molecule has 160 valence electrons. The molecule has 0 radical (unpaired) electrons. The van der Waals surface area contributed by atoms with Gasteiger partial charge >= 0.3 is 5.97 Å². The van der Waals surface area contributed by atoms with Crippen LogP contribution in [0.25, 0.3) is 0 Å². The topological polar surface area (TPSA) is 73.6 Å². The number of aryl methyl sites for hydroxylation is 1. The molecule has 1 unspecified atom stereocenters. The molecule has 0 fully saturated rings.